The number of ether oxygens (including phenoxy) is 2. The van der Waals surface area contributed by atoms with Gasteiger partial charge in [0.15, 0.2) is 11.5 Å². The minimum atomic E-state index is -0.426. The van der Waals surface area contributed by atoms with E-state index in [1.807, 2.05) is 6.92 Å². The van der Waals surface area contributed by atoms with Crippen molar-refractivity contribution >= 4 is 40.2 Å². The fourth-order valence-corrected chi connectivity index (χ4v) is 3.38. The zero-order valence-electron chi connectivity index (χ0n) is 15.7. The fraction of sp³-hybridized carbons (Fsp3) is 0.182. The van der Waals surface area contributed by atoms with Gasteiger partial charge in [-0.1, -0.05) is 11.6 Å². The molecule has 1 aliphatic rings. The van der Waals surface area contributed by atoms with Gasteiger partial charge in [-0.2, -0.15) is 0 Å². The highest BCUT2D eigenvalue weighted by molar-refractivity contribution is 6.32. The summed E-state index contributed by atoms with van der Waals surface area (Å²) in [4.78, 5) is 23.9. The molecule has 1 N–H and O–H groups in total. The van der Waals surface area contributed by atoms with Gasteiger partial charge in [0.2, 0.25) is 5.91 Å². The molecule has 6 nitrogen and oxygen atoms in total. The maximum atomic E-state index is 12.3. The first-order chi connectivity index (χ1) is 14.0. The van der Waals surface area contributed by atoms with E-state index in [4.69, 9.17) is 25.5 Å². The molecule has 0 fully saturated rings. The van der Waals surface area contributed by atoms with Crippen LogP contribution in [0.15, 0.2) is 51.7 Å². The Morgan fingerprint density at radius 1 is 1.14 bits per heavy atom. The Bertz CT molecular complexity index is 1180. The number of amides is 1. The van der Waals surface area contributed by atoms with Gasteiger partial charge < -0.3 is 19.2 Å². The van der Waals surface area contributed by atoms with Crippen LogP contribution in [0.3, 0.4) is 0 Å². The van der Waals surface area contributed by atoms with Crippen molar-refractivity contribution in [1.29, 1.82) is 0 Å². The first-order valence-electron chi connectivity index (χ1n) is 9.12. The van der Waals surface area contributed by atoms with Crippen LogP contribution in [0.1, 0.15) is 17.5 Å². The van der Waals surface area contributed by atoms with Gasteiger partial charge in [-0.25, -0.2) is 4.79 Å². The average Bonchev–Trinajstić information content (AvgIpc) is 2.92. The lowest BCUT2D eigenvalue weighted by Gasteiger charge is -2.10. The van der Waals surface area contributed by atoms with Crippen LogP contribution in [0, 0.1) is 6.92 Å². The molecule has 0 bridgehead atoms. The van der Waals surface area contributed by atoms with Crippen LogP contribution in [0.4, 0.5) is 5.69 Å². The second kappa shape index (κ2) is 8.01. The third kappa shape index (κ3) is 4.27. The second-order valence-electron chi connectivity index (χ2n) is 6.66. The molecule has 0 saturated carbocycles. The van der Waals surface area contributed by atoms with E-state index < -0.39 is 5.63 Å². The van der Waals surface area contributed by atoms with Crippen LogP contribution >= 0.6 is 11.6 Å². The van der Waals surface area contributed by atoms with Crippen LogP contribution in [0.25, 0.3) is 17.0 Å². The molecule has 1 amide bonds. The third-order valence-electron chi connectivity index (χ3n) is 4.47. The molecule has 0 saturated heterocycles. The van der Waals surface area contributed by atoms with Gasteiger partial charge in [0, 0.05) is 35.7 Å². The predicted molar refractivity (Wildman–Crippen MR) is 112 cm³/mol. The Labute approximate surface area is 171 Å². The molecule has 3 aromatic rings. The summed E-state index contributed by atoms with van der Waals surface area (Å²) in [7, 11) is 0. The quantitative estimate of drug-likeness (QED) is 0.504. The van der Waals surface area contributed by atoms with Crippen LogP contribution in [-0.4, -0.2) is 19.1 Å². The smallest absolute Gasteiger partial charge is 0.336 e. The summed E-state index contributed by atoms with van der Waals surface area (Å²) < 4.78 is 16.5. The number of carbonyl (C=O) groups excluding carboxylic acids is 1. The van der Waals surface area contributed by atoms with Crippen molar-refractivity contribution in [1.82, 2.24) is 0 Å². The zero-order valence-corrected chi connectivity index (χ0v) is 16.4. The van der Waals surface area contributed by atoms with Crippen molar-refractivity contribution < 1.29 is 18.7 Å². The molecule has 1 aromatic heterocycles. The zero-order chi connectivity index (χ0) is 20.4. The number of aryl methyl sites for hydroxylation is 1. The van der Waals surface area contributed by atoms with E-state index in [2.05, 4.69) is 5.32 Å². The standard InChI is InChI=1S/C22H18ClNO5/c1-13-9-21(26)29-18-12-15(4-5-16(13)18)24-20(25)6-3-14-10-17(23)22-19(11-14)27-7-2-8-28-22/h3-6,9-12H,2,7-8H2,1H3,(H,24,25)/b6-3+. The molecule has 0 radical (unpaired) electrons. The van der Waals surface area contributed by atoms with Crippen molar-refractivity contribution in [2.75, 3.05) is 18.5 Å². The topological polar surface area (TPSA) is 77.8 Å². The molecule has 4 rings (SSSR count). The lowest BCUT2D eigenvalue weighted by atomic mass is 10.1. The molecule has 2 heterocycles. The molecule has 7 heteroatoms. The van der Waals surface area contributed by atoms with Crippen molar-refractivity contribution in [3.63, 3.8) is 0 Å². The van der Waals surface area contributed by atoms with E-state index in [0.717, 1.165) is 22.9 Å². The van der Waals surface area contributed by atoms with Crippen molar-refractivity contribution in [2.45, 2.75) is 13.3 Å². The normalized spacial score (nSPS) is 13.4. The number of nitrogens with one attached hydrogen (secondary N) is 1. The fourth-order valence-electron chi connectivity index (χ4n) is 3.11. The first kappa shape index (κ1) is 19.1. The van der Waals surface area contributed by atoms with Crippen LogP contribution < -0.4 is 20.4 Å². The number of fused-ring (bicyclic) bond motifs is 2. The highest BCUT2D eigenvalue weighted by atomic mass is 35.5. The molecular weight excluding hydrogens is 394 g/mol. The number of benzene rings is 2. The van der Waals surface area contributed by atoms with Gasteiger partial charge in [0.05, 0.1) is 18.2 Å². The summed E-state index contributed by atoms with van der Waals surface area (Å²) in [5, 5.41) is 4.01. The molecular formula is C22H18ClNO5. The van der Waals surface area contributed by atoms with Crippen molar-refractivity contribution in [3.05, 3.63) is 69.0 Å². The summed E-state index contributed by atoms with van der Waals surface area (Å²) in [5.74, 6) is 0.760. The van der Waals surface area contributed by atoms with Crippen LogP contribution in [0.2, 0.25) is 5.02 Å². The van der Waals surface area contributed by atoms with E-state index in [1.165, 1.54) is 12.1 Å². The molecule has 2 aromatic carbocycles. The summed E-state index contributed by atoms with van der Waals surface area (Å²) in [6.45, 7) is 2.94. The summed E-state index contributed by atoms with van der Waals surface area (Å²) >= 11 is 6.27. The highest BCUT2D eigenvalue weighted by Gasteiger charge is 2.15. The first-order valence-corrected chi connectivity index (χ1v) is 9.50. The maximum absolute atomic E-state index is 12.3. The molecule has 0 atom stereocenters. The number of anilines is 1. The van der Waals surface area contributed by atoms with Gasteiger partial charge in [-0.05, 0) is 48.4 Å². The van der Waals surface area contributed by atoms with E-state index in [-0.39, 0.29) is 5.91 Å². The summed E-state index contributed by atoms with van der Waals surface area (Å²) in [6, 6.07) is 10.1. The molecule has 0 spiro atoms. The third-order valence-corrected chi connectivity index (χ3v) is 4.75. The average molecular weight is 412 g/mol. The van der Waals surface area contributed by atoms with Crippen molar-refractivity contribution in [2.24, 2.45) is 0 Å². The number of rotatable bonds is 3. The molecule has 0 aliphatic carbocycles. The lowest BCUT2D eigenvalue weighted by molar-refractivity contribution is -0.111. The Morgan fingerprint density at radius 3 is 2.83 bits per heavy atom. The Hall–Kier alpha value is -3.25. The predicted octanol–water partition coefficient (Wildman–Crippen LogP) is 4.57. The summed E-state index contributed by atoms with van der Waals surface area (Å²) in [5.41, 5.74) is 2.06. The molecule has 148 valence electrons. The Balaban J connectivity index is 1.52. The van der Waals surface area contributed by atoms with Gasteiger partial charge in [0.1, 0.15) is 5.58 Å². The highest BCUT2D eigenvalue weighted by Crippen LogP contribution is 2.38. The van der Waals surface area contributed by atoms with E-state index in [9.17, 15) is 9.59 Å². The second-order valence-corrected chi connectivity index (χ2v) is 7.07. The number of hydrogen-bond acceptors (Lipinski definition) is 5. The Kier molecular flexibility index (Phi) is 5.27. The largest absolute Gasteiger partial charge is 0.489 e. The number of carbonyl (C=O) groups is 1. The number of hydrogen-bond donors (Lipinski definition) is 1. The SMILES string of the molecule is Cc1cc(=O)oc2cc(NC(=O)/C=C/c3cc(Cl)c4c(c3)OCCCO4)ccc12. The maximum Gasteiger partial charge on any atom is 0.336 e. The minimum Gasteiger partial charge on any atom is -0.489 e. The van der Waals surface area contributed by atoms with Crippen LogP contribution in [-0.2, 0) is 4.79 Å². The van der Waals surface area contributed by atoms with Gasteiger partial charge in [0.25, 0.3) is 0 Å². The monoisotopic (exact) mass is 411 g/mol. The van der Waals surface area contributed by atoms with Gasteiger partial charge >= 0.3 is 5.63 Å². The molecule has 1 aliphatic heterocycles. The van der Waals surface area contributed by atoms with Crippen LogP contribution in [0.5, 0.6) is 11.5 Å². The number of halogens is 1. The van der Waals surface area contributed by atoms with Gasteiger partial charge in [-0.15, -0.1) is 0 Å². The molecule has 0 unspecified atom stereocenters. The Morgan fingerprint density at radius 2 is 1.97 bits per heavy atom. The van der Waals surface area contributed by atoms with E-state index in [0.29, 0.717) is 41.0 Å². The van der Waals surface area contributed by atoms with Gasteiger partial charge in [-0.3, -0.25) is 4.79 Å². The van der Waals surface area contributed by atoms with Crippen molar-refractivity contribution in [3.8, 4) is 11.5 Å². The minimum absolute atomic E-state index is 0.331. The lowest BCUT2D eigenvalue weighted by Crippen LogP contribution is -2.08. The molecule has 29 heavy (non-hydrogen) atoms. The summed E-state index contributed by atoms with van der Waals surface area (Å²) in [6.07, 6.45) is 3.82. The van der Waals surface area contributed by atoms with E-state index in [1.54, 1.807) is 36.4 Å². The van der Waals surface area contributed by atoms with E-state index >= 15 is 0 Å².